The first-order valence-corrected chi connectivity index (χ1v) is 14.2. The van der Waals surface area contributed by atoms with Crippen LogP contribution in [0.25, 0.3) is 10.2 Å². The number of thiazole rings is 1. The van der Waals surface area contributed by atoms with Crippen molar-refractivity contribution in [3.8, 4) is 5.75 Å². The number of nitrogens with zero attached hydrogens (tertiary/aromatic N) is 2. The monoisotopic (exact) mass is 566 g/mol. The van der Waals surface area contributed by atoms with Gasteiger partial charge in [-0.2, -0.15) is 0 Å². The van der Waals surface area contributed by atoms with Crippen LogP contribution in [0.15, 0.2) is 113 Å². The van der Waals surface area contributed by atoms with Crippen LogP contribution in [-0.4, -0.2) is 33.2 Å². The van der Waals surface area contributed by atoms with Gasteiger partial charge in [0.2, 0.25) is 0 Å². The molecular formula is C33H30N2O5S. The molecule has 0 aliphatic heterocycles. The molecule has 5 rings (SSSR count). The van der Waals surface area contributed by atoms with E-state index in [1.54, 1.807) is 4.57 Å². The predicted molar refractivity (Wildman–Crippen MR) is 161 cm³/mol. The number of oxime groups is 1. The summed E-state index contributed by atoms with van der Waals surface area (Å²) in [5, 5.41) is 22.8. The number of hydrogen-bond acceptors (Lipinski definition) is 6. The molecule has 1 atom stereocenters. The van der Waals surface area contributed by atoms with Crippen molar-refractivity contribution in [2.75, 3.05) is 6.61 Å². The van der Waals surface area contributed by atoms with Crippen molar-refractivity contribution < 1.29 is 19.8 Å². The fraction of sp³-hybridized carbons (Fsp3) is 0.182. The van der Waals surface area contributed by atoms with Gasteiger partial charge in [-0.25, -0.2) is 0 Å². The van der Waals surface area contributed by atoms with Crippen LogP contribution in [0.4, 0.5) is 0 Å². The van der Waals surface area contributed by atoms with E-state index in [9.17, 15) is 19.9 Å². The number of aliphatic carboxylic acids is 1. The Morgan fingerprint density at radius 1 is 0.878 bits per heavy atom. The average Bonchev–Trinajstić information content (AvgIpc) is 3.31. The van der Waals surface area contributed by atoms with E-state index in [2.05, 4.69) is 5.16 Å². The summed E-state index contributed by atoms with van der Waals surface area (Å²) in [5.41, 5.74) is 4.82. The molecular weight excluding hydrogens is 536 g/mol. The molecule has 41 heavy (non-hydrogen) atoms. The summed E-state index contributed by atoms with van der Waals surface area (Å²) in [6.07, 6.45) is 1.75. The van der Waals surface area contributed by atoms with Crippen LogP contribution in [-0.2, 0) is 24.2 Å². The summed E-state index contributed by atoms with van der Waals surface area (Å²) >= 11 is 1.14. The van der Waals surface area contributed by atoms with Crippen molar-refractivity contribution in [3.05, 3.63) is 135 Å². The number of rotatable bonds is 12. The first-order valence-electron chi connectivity index (χ1n) is 13.4. The summed E-state index contributed by atoms with van der Waals surface area (Å²) in [7, 11) is 0. The third kappa shape index (κ3) is 6.91. The summed E-state index contributed by atoms with van der Waals surface area (Å²) < 4.78 is 8.39. The molecule has 208 valence electrons. The minimum atomic E-state index is -0.790. The van der Waals surface area contributed by atoms with Gasteiger partial charge in [-0.15, -0.1) is 0 Å². The van der Waals surface area contributed by atoms with Gasteiger partial charge in [0, 0.05) is 11.1 Å². The zero-order valence-electron chi connectivity index (χ0n) is 22.3. The maximum absolute atomic E-state index is 12.7. The number of carbonyl (C=O) groups is 1. The average molecular weight is 567 g/mol. The van der Waals surface area contributed by atoms with Crippen molar-refractivity contribution >= 4 is 33.2 Å². The van der Waals surface area contributed by atoms with Crippen molar-refractivity contribution in [1.82, 2.24) is 4.57 Å². The van der Waals surface area contributed by atoms with Crippen molar-refractivity contribution in [2.24, 2.45) is 11.1 Å². The lowest BCUT2D eigenvalue weighted by molar-refractivity contribution is -0.141. The number of aryl methyl sites for hydroxylation is 1. The molecule has 0 amide bonds. The molecule has 1 unspecified atom stereocenters. The van der Waals surface area contributed by atoms with Gasteiger partial charge >= 0.3 is 10.8 Å². The maximum atomic E-state index is 12.7. The van der Waals surface area contributed by atoms with Gasteiger partial charge in [0.25, 0.3) is 0 Å². The molecule has 1 heterocycles. The second-order valence-electron chi connectivity index (χ2n) is 9.77. The van der Waals surface area contributed by atoms with Crippen LogP contribution in [0.3, 0.4) is 0 Å². The molecule has 0 saturated carbocycles. The van der Waals surface area contributed by atoms with Gasteiger partial charge in [-0.1, -0.05) is 95.4 Å². The molecule has 1 aromatic heterocycles. The van der Waals surface area contributed by atoms with Crippen LogP contribution < -0.4 is 9.61 Å². The quantitative estimate of drug-likeness (QED) is 0.106. The highest BCUT2D eigenvalue weighted by molar-refractivity contribution is 7.16. The largest absolute Gasteiger partial charge is 0.492 e. The molecule has 0 radical (unpaired) electrons. The van der Waals surface area contributed by atoms with E-state index in [0.717, 1.165) is 50.2 Å². The smallest absolute Gasteiger partial charge is 0.308 e. The second-order valence-corrected chi connectivity index (χ2v) is 10.8. The van der Waals surface area contributed by atoms with E-state index in [1.807, 2.05) is 103 Å². The summed E-state index contributed by atoms with van der Waals surface area (Å²) in [4.78, 5) is 24.5. The molecule has 0 bridgehead atoms. The van der Waals surface area contributed by atoms with Crippen LogP contribution in [0, 0.1) is 5.92 Å². The number of ether oxygens (including phenoxy) is 1. The molecule has 2 N–H and O–H groups in total. The molecule has 0 aliphatic rings. The van der Waals surface area contributed by atoms with Crippen LogP contribution in [0.1, 0.15) is 28.7 Å². The molecule has 4 aromatic carbocycles. The van der Waals surface area contributed by atoms with Gasteiger partial charge < -0.3 is 15.1 Å². The number of aromatic nitrogens is 1. The SMILES string of the molecule is O=C(O)C(CCc1ccccc1)Cc1ccc(OCCn2c(=O)sc3cc(C(=NO)c4ccccc4)ccc32)cc1. The normalized spacial score (nSPS) is 12.3. The first-order chi connectivity index (χ1) is 20.0. The van der Waals surface area contributed by atoms with Gasteiger partial charge in [0.05, 0.1) is 22.7 Å². The lowest BCUT2D eigenvalue weighted by Gasteiger charge is -2.13. The predicted octanol–water partition coefficient (Wildman–Crippen LogP) is 6.24. The molecule has 0 fully saturated rings. The Kier molecular flexibility index (Phi) is 8.91. The standard InChI is InChI=1S/C33H30N2O5S/c36-32(37)27(14-11-23-7-3-1-4-8-23)21-24-12-16-28(17-13-24)40-20-19-35-29-18-15-26(22-30(29)41-33(35)38)31(34-39)25-9-5-2-6-10-25/h1-10,12-13,15-18,22,27,39H,11,14,19-21H2,(H,36,37). The second kappa shape index (κ2) is 13.1. The Labute approximate surface area is 241 Å². The summed E-state index contributed by atoms with van der Waals surface area (Å²) in [6, 6.07) is 32.3. The highest BCUT2D eigenvalue weighted by atomic mass is 32.1. The van der Waals surface area contributed by atoms with Gasteiger partial charge in [-0.3, -0.25) is 14.2 Å². The molecule has 0 saturated heterocycles. The molecule has 0 aliphatic carbocycles. The summed E-state index contributed by atoms with van der Waals surface area (Å²) in [5.74, 6) is -0.596. The Bertz CT molecular complexity index is 1690. The van der Waals surface area contributed by atoms with Gasteiger partial charge in [0.15, 0.2) is 0 Å². The Balaban J connectivity index is 1.19. The van der Waals surface area contributed by atoms with E-state index in [0.29, 0.717) is 37.5 Å². The topological polar surface area (TPSA) is 101 Å². The Morgan fingerprint density at radius 2 is 1.59 bits per heavy atom. The molecule has 8 heteroatoms. The van der Waals surface area contributed by atoms with E-state index >= 15 is 0 Å². The maximum Gasteiger partial charge on any atom is 0.308 e. The summed E-state index contributed by atoms with van der Waals surface area (Å²) in [6.45, 7) is 0.676. The van der Waals surface area contributed by atoms with E-state index in [-0.39, 0.29) is 4.87 Å². The van der Waals surface area contributed by atoms with E-state index < -0.39 is 11.9 Å². The lowest BCUT2D eigenvalue weighted by Crippen LogP contribution is -2.18. The molecule has 7 nitrogen and oxygen atoms in total. The third-order valence-corrected chi connectivity index (χ3v) is 7.99. The zero-order chi connectivity index (χ0) is 28.6. The Morgan fingerprint density at radius 3 is 2.27 bits per heavy atom. The minimum Gasteiger partial charge on any atom is -0.492 e. The van der Waals surface area contributed by atoms with Gasteiger partial charge in [-0.05, 0) is 54.7 Å². The van der Waals surface area contributed by atoms with Crippen LogP contribution in [0.5, 0.6) is 5.75 Å². The third-order valence-electron chi connectivity index (χ3n) is 7.05. The highest BCUT2D eigenvalue weighted by Gasteiger charge is 2.18. The van der Waals surface area contributed by atoms with E-state index in [4.69, 9.17) is 4.74 Å². The van der Waals surface area contributed by atoms with Crippen LogP contribution in [0.2, 0.25) is 0 Å². The molecule has 0 spiro atoms. The van der Waals surface area contributed by atoms with Gasteiger partial charge in [0.1, 0.15) is 18.1 Å². The highest BCUT2D eigenvalue weighted by Crippen LogP contribution is 2.23. The van der Waals surface area contributed by atoms with Crippen molar-refractivity contribution in [1.29, 1.82) is 0 Å². The lowest BCUT2D eigenvalue weighted by atomic mass is 9.93. The first kappa shape index (κ1) is 27.9. The fourth-order valence-electron chi connectivity index (χ4n) is 4.86. The number of carboxylic acid groups (broad SMARTS) is 1. The van der Waals surface area contributed by atoms with Crippen LogP contribution >= 0.6 is 11.3 Å². The number of hydrogen-bond donors (Lipinski definition) is 2. The zero-order valence-corrected chi connectivity index (χ0v) is 23.2. The number of benzene rings is 4. The van der Waals surface area contributed by atoms with E-state index in [1.165, 1.54) is 0 Å². The minimum absolute atomic E-state index is 0.0893. The Hall–Kier alpha value is -4.69. The number of carboxylic acids is 1. The fourth-order valence-corrected chi connectivity index (χ4v) is 5.82. The van der Waals surface area contributed by atoms with Crippen molar-refractivity contribution in [3.63, 3.8) is 0 Å². The number of fused-ring (bicyclic) bond motifs is 1. The molecule has 5 aromatic rings. The van der Waals surface area contributed by atoms with Crippen molar-refractivity contribution in [2.45, 2.75) is 25.8 Å².